The molecule has 0 aliphatic carbocycles. The van der Waals surface area contributed by atoms with Crippen LogP contribution < -0.4 is 9.91 Å². The summed E-state index contributed by atoms with van der Waals surface area (Å²) in [6.07, 6.45) is 1.81. The van der Waals surface area contributed by atoms with E-state index in [0.717, 1.165) is 10.8 Å². The fraction of sp³-hybridized carbons (Fsp3) is 0.100. The van der Waals surface area contributed by atoms with E-state index in [1.165, 1.54) is 4.35 Å². The van der Waals surface area contributed by atoms with Gasteiger partial charge in [0.2, 0.25) is 0 Å². The molecule has 3 heteroatoms. The molecule has 2 nitrogen and oxygen atoms in total. The van der Waals surface area contributed by atoms with E-state index in [2.05, 4.69) is 0 Å². The summed E-state index contributed by atoms with van der Waals surface area (Å²) in [5.74, 6) is 0. The first-order valence-corrected chi connectivity index (χ1v) is 5.25. The second-order valence-corrected chi connectivity index (χ2v) is 4.35. The summed E-state index contributed by atoms with van der Waals surface area (Å²) in [5, 5.41) is 1.89. The van der Waals surface area contributed by atoms with Gasteiger partial charge in [0.05, 0.1) is 0 Å². The molecule has 66 valence electrons. The molecule has 0 radical (unpaired) electrons. The molecule has 2 rings (SSSR count). The second-order valence-electron chi connectivity index (χ2n) is 3.04. The van der Waals surface area contributed by atoms with Crippen molar-refractivity contribution in [3.05, 3.63) is 40.8 Å². The first kappa shape index (κ1) is 8.58. The predicted molar refractivity (Wildman–Crippen MR) is 57.4 cm³/mol. The van der Waals surface area contributed by atoms with Crippen molar-refractivity contribution in [3.8, 4) is 0 Å². The molecule has 0 bridgehead atoms. The minimum atomic E-state index is 0.0806. The number of aromatic nitrogens is 1. The molecule has 1 aromatic carbocycles. The number of benzene rings is 1. The first-order chi connectivity index (χ1) is 6.20. The molecule has 2 aromatic rings. The molecule has 1 atom stereocenters. The van der Waals surface area contributed by atoms with Crippen LogP contribution in [0, 0.1) is 0 Å². The van der Waals surface area contributed by atoms with Crippen molar-refractivity contribution in [2.75, 3.05) is 0 Å². The summed E-state index contributed by atoms with van der Waals surface area (Å²) in [5.41, 5.74) is 0.0806. The Morgan fingerprint density at radius 2 is 2.00 bits per heavy atom. The zero-order valence-electron chi connectivity index (χ0n) is 7.32. The number of rotatable bonds is 0. The van der Waals surface area contributed by atoms with E-state index < -0.39 is 0 Å². The van der Waals surface area contributed by atoms with Crippen LogP contribution in [0.3, 0.4) is 0 Å². The minimum absolute atomic E-state index is 0.0806. The molecule has 1 aromatic heterocycles. The Kier molecular flexibility index (Phi) is 2.01. The molecule has 13 heavy (non-hydrogen) atoms. The summed E-state index contributed by atoms with van der Waals surface area (Å²) in [6.45, 7) is 0. The van der Waals surface area contributed by atoms with Crippen molar-refractivity contribution in [1.82, 2.24) is 4.57 Å². The molecule has 0 saturated heterocycles. The topological polar surface area (TPSA) is 22.0 Å². The molecule has 0 aliphatic rings. The molecule has 0 spiro atoms. The maximum atomic E-state index is 11.7. The Bertz CT molecular complexity index is 516. The van der Waals surface area contributed by atoms with Crippen LogP contribution in [0.5, 0.6) is 0 Å². The molecule has 0 aliphatic heterocycles. The third-order valence-electron chi connectivity index (χ3n) is 2.16. The van der Waals surface area contributed by atoms with Crippen molar-refractivity contribution < 1.29 is 0 Å². The molecular weight excluding hydrogens is 225 g/mol. The quantitative estimate of drug-likeness (QED) is 0.579. The van der Waals surface area contributed by atoms with Crippen LogP contribution in [0.2, 0.25) is 0 Å². The number of pyridine rings is 1. The third kappa shape index (κ3) is 1.31. The summed E-state index contributed by atoms with van der Waals surface area (Å²) in [4.78, 5) is 11.7. The fourth-order valence-electron chi connectivity index (χ4n) is 1.40. The van der Waals surface area contributed by atoms with Gasteiger partial charge in [-0.15, -0.1) is 0 Å². The van der Waals surface area contributed by atoms with Crippen molar-refractivity contribution in [1.29, 1.82) is 0 Å². The number of aryl methyl sites for hydroxylation is 1. The van der Waals surface area contributed by atoms with E-state index in [4.69, 9.17) is 0 Å². The van der Waals surface area contributed by atoms with Gasteiger partial charge >= 0.3 is 84.4 Å². The van der Waals surface area contributed by atoms with E-state index in [0.29, 0.717) is 0 Å². The van der Waals surface area contributed by atoms with Gasteiger partial charge in [0.15, 0.2) is 0 Å². The van der Waals surface area contributed by atoms with Gasteiger partial charge < -0.3 is 0 Å². The molecule has 0 fully saturated rings. The van der Waals surface area contributed by atoms with Gasteiger partial charge in [0, 0.05) is 0 Å². The number of fused-ring (bicyclic) bond motifs is 1. The van der Waals surface area contributed by atoms with Crippen molar-refractivity contribution in [2.45, 2.75) is 0 Å². The molecular formula is C10H10AsNO. The van der Waals surface area contributed by atoms with E-state index in [9.17, 15) is 4.79 Å². The van der Waals surface area contributed by atoms with Crippen LogP contribution in [0.15, 0.2) is 35.3 Å². The van der Waals surface area contributed by atoms with E-state index in [1.54, 1.807) is 28.5 Å². The van der Waals surface area contributed by atoms with Crippen LogP contribution in [-0.2, 0) is 7.05 Å². The number of hydrogen-bond acceptors (Lipinski definition) is 1. The van der Waals surface area contributed by atoms with Gasteiger partial charge in [-0.2, -0.15) is 0 Å². The van der Waals surface area contributed by atoms with Crippen LogP contribution in [0.4, 0.5) is 0 Å². The molecule has 0 saturated carbocycles. The van der Waals surface area contributed by atoms with Crippen LogP contribution >= 0.6 is 0 Å². The Morgan fingerprint density at radius 1 is 1.23 bits per heavy atom. The van der Waals surface area contributed by atoms with Gasteiger partial charge in [-0.3, -0.25) is 0 Å². The van der Waals surface area contributed by atoms with Crippen LogP contribution in [-0.4, -0.2) is 21.4 Å². The van der Waals surface area contributed by atoms with Crippen molar-refractivity contribution in [2.24, 2.45) is 7.05 Å². The average molecular weight is 235 g/mol. The zero-order valence-corrected chi connectivity index (χ0v) is 9.74. The van der Waals surface area contributed by atoms with Crippen molar-refractivity contribution >= 4 is 32.0 Å². The van der Waals surface area contributed by atoms with Crippen LogP contribution in [0.1, 0.15) is 0 Å². The standard InChI is InChI=1S/C10H10AsNO/c1-12-6-5-7-8(10(12)13)3-2-4-9(7)11/h2-6H,11H2,1H3. The zero-order chi connectivity index (χ0) is 9.42. The van der Waals surface area contributed by atoms with E-state index >= 15 is 0 Å². The molecule has 0 amide bonds. The SMILES string of the molecule is Cn1ccc2c([AsH2])cccc2c1=O. The Labute approximate surface area is 84.7 Å². The summed E-state index contributed by atoms with van der Waals surface area (Å²) < 4.78 is 2.82. The summed E-state index contributed by atoms with van der Waals surface area (Å²) in [6, 6.07) is 7.84. The average Bonchev–Trinajstić information content (AvgIpc) is 2.12. The molecule has 1 heterocycles. The fourth-order valence-corrected chi connectivity index (χ4v) is 2.16. The maximum absolute atomic E-state index is 11.7. The molecule has 1 unspecified atom stereocenters. The summed E-state index contributed by atoms with van der Waals surface area (Å²) in [7, 11) is 1.77. The van der Waals surface area contributed by atoms with Crippen LogP contribution in [0.25, 0.3) is 10.8 Å². The van der Waals surface area contributed by atoms with E-state index in [1.807, 2.05) is 30.5 Å². The molecule has 0 N–H and O–H groups in total. The normalized spacial score (nSPS) is 10.6. The predicted octanol–water partition coefficient (Wildman–Crippen LogP) is -0.203. The van der Waals surface area contributed by atoms with Gasteiger partial charge in [0.1, 0.15) is 0 Å². The van der Waals surface area contributed by atoms with Gasteiger partial charge in [0.25, 0.3) is 0 Å². The Hall–Kier alpha value is -1.01. The Morgan fingerprint density at radius 3 is 2.77 bits per heavy atom. The summed E-state index contributed by atoms with van der Waals surface area (Å²) >= 11 is 1.55. The van der Waals surface area contributed by atoms with Gasteiger partial charge in [-0.05, 0) is 0 Å². The second kappa shape index (κ2) is 3.04. The number of hydrogen-bond donors (Lipinski definition) is 0. The van der Waals surface area contributed by atoms with Gasteiger partial charge in [-0.25, -0.2) is 0 Å². The number of nitrogens with zero attached hydrogens (tertiary/aromatic N) is 1. The van der Waals surface area contributed by atoms with Gasteiger partial charge in [-0.1, -0.05) is 0 Å². The Balaban J connectivity index is 3.03. The van der Waals surface area contributed by atoms with E-state index in [-0.39, 0.29) is 5.56 Å². The monoisotopic (exact) mass is 235 g/mol. The van der Waals surface area contributed by atoms with Crippen molar-refractivity contribution in [3.63, 3.8) is 0 Å². The first-order valence-electron chi connectivity index (χ1n) is 4.04. The third-order valence-corrected chi connectivity index (χ3v) is 3.21.